The van der Waals surface area contributed by atoms with E-state index in [1.807, 2.05) is 6.07 Å². The fraction of sp³-hybridized carbons (Fsp3) is 0.529. The lowest BCUT2D eigenvalue weighted by Crippen LogP contribution is -2.19. The topological polar surface area (TPSA) is 85.1 Å². The summed E-state index contributed by atoms with van der Waals surface area (Å²) in [7, 11) is -2.11. The molecule has 1 saturated carbocycles. The third kappa shape index (κ3) is 3.67. The molecule has 130 valence electrons. The number of benzene rings is 1. The maximum absolute atomic E-state index is 12.1. The van der Waals surface area contributed by atoms with E-state index < -0.39 is 10.0 Å². The Bertz CT molecular complexity index is 808. The number of aromatic nitrogens is 2. The first-order chi connectivity index (χ1) is 11.5. The Morgan fingerprint density at radius 1 is 1.25 bits per heavy atom. The van der Waals surface area contributed by atoms with Crippen LogP contribution in [0, 0.1) is 12.8 Å². The van der Waals surface area contributed by atoms with Crippen molar-refractivity contribution in [1.29, 1.82) is 0 Å². The second-order valence-corrected chi connectivity index (χ2v) is 8.27. The van der Waals surface area contributed by atoms with Gasteiger partial charge in [-0.3, -0.25) is 0 Å². The predicted molar refractivity (Wildman–Crippen MR) is 91.0 cm³/mol. The molecule has 2 aromatic rings. The van der Waals surface area contributed by atoms with Gasteiger partial charge in [0, 0.05) is 5.56 Å². The quantitative estimate of drug-likeness (QED) is 0.896. The minimum atomic E-state index is -3.51. The molecule has 7 heteroatoms. The van der Waals surface area contributed by atoms with Gasteiger partial charge in [-0.1, -0.05) is 43.3 Å². The van der Waals surface area contributed by atoms with Gasteiger partial charge in [-0.05, 0) is 44.0 Å². The summed E-state index contributed by atoms with van der Waals surface area (Å²) in [5.41, 5.74) is 1.79. The monoisotopic (exact) mass is 349 g/mol. The number of nitrogens with zero attached hydrogens (tertiary/aromatic N) is 2. The van der Waals surface area contributed by atoms with Crippen LogP contribution in [0.4, 0.5) is 0 Å². The van der Waals surface area contributed by atoms with Gasteiger partial charge in [0.1, 0.15) is 0 Å². The van der Waals surface area contributed by atoms with Crippen LogP contribution in [0.1, 0.15) is 43.5 Å². The second-order valence-electron chi connectivity index (χ2n) is 6.38. The van der Waals surface area contributed by atoms with Crippen molar-refractivity contribution in [2.75, 3.05) is 7.05 Å². The van der Waals surface area contributed by atoms with Gasteiger partial charge in [-0.15, -0.1) is 0 Å². The second kappa shape index (κ2) is 7.03. The van der Waals surface area contributed by atoms with Crippen LogP contribution in [0.2, 0.25) is 0 Å². The molecule has 1 aliphatic rings. The molecule has 0 unspecified atom stereocenters. The first-order valence-electron chi connectivity index (χ1n) is 8.37. The molecular formula is C17H23N3O3S. The summed E-state index contributed by atoms with van der Waals surface area (Å²) < 4.78 is 31.9. The molecule has 1 aromatic heterocycles. The van der Waals surface area contributed by atoms with E-state index in [2.05, 4.69) is 14.9 Å². The Balaban J connectivity index is 2.00. The van der Waals surface area contributed by atoms with E-state index in [-0.39, 0.29) is 4.90 Å². The summed E-state index contributed by atoms with van der Waals surface area (Å²) >= 11 is 0. The number of nitrogens with one attached hydrogen (secondary N) is 1. The smallest absolute Gasteiger partial charge is 0.258 e. The average molecular weight is 349 g/mol. The largest absolute Gasteiger partial charge is 0.334 e. The molecule has 0 aliphatic heterocycles. The molecular weight excluding hydrogens is 326 g/mol. The minimum absolute atomic E-state index is 0.211. The van der Waals surface area contributed by atoms with Gasteiger partial charge in [0.15, 0.2) is 5.82 Å². The average Bonchev–Trinajstić information content (AvgIpc) is 3.02. The Hall–Kier alpha value is -1.73. The van der Waals surface area contributed by atoms with Gasteiger partial charge < -0.3 is 4.52 Å². The molecule has 0 bridgehead atoms. The third-order valence-corrected chi connectivity index (χ3v) is 6.06. The molecule has 6 nitrogen and oxygen atoms in total. The summed E-state index contributed by atoms with van der Waals surface area (Å²) in [6.07, 6.45) is 7.21. The van der Waals surface area contributed by atoms with Gasteiger partial charge >= 0.3 is 0 Å². The summed E-state index contributed by atoms with van der Waals surface area (Å²) in [6, 6.07) is 5.17. The number of hydrogen-bond acceptors (Lipinski definition) is 5. The normalized spacial score (nSPS) is 16.4. The minimum Gasteiger partial charge on any atom is -0.334 e. The van der Waals surface area contributed by atoms with Crippen LogP contribution in [-0.2, 0) is 16.4 Å². The Kier molecular flexibility index (Phi) is 5.01. The van der Waals surface area contributed by atoms with Crippen molar-refractivity contribution in [3.63, 3.8) is 0 Å². The lowest BCUT2D eigenvalue weighted by molar-refractivity contribution is 0.356. The Morgan fingerprint density at radius 2 is 2.00 bits per heavy atom. The standard InChI is InChI=1S/C17H23N3O3S/c1-12-19-17(23-20-12)16-11-15(24(21,22)18-2)9-8-14(16)10-13-6-4-3-5-7-13/h8-9,11,13,18H,3-7,10H2,1-2H3. The fourth-order valence-electron chi connectivity index (χ4n) is 3.33. The van der Waals surface area contributed by atoms with Gasteiger partial charge in [0.2, 0.25) is 10.0 Å². The van der Waals surface area contributed by atoms with Crippen LogP contribution in [0.15, 0.2) is 27.6 Å². The molecule has 3 rings (SSSR count). The van der Waals surface area contributed by atoms with Gasteiger partial charge in [-0.2, -0.15) is 4.98 Å². The summed E-state index contributed by atoms with van der Waals surface area (Å²) in [4.78, 5) is 4.50. The third-order valence-electron chi connectivity index (χ3n) is 4.65. The van der Waals surface area contributed by atoms with E-state index in [1.54, 1.807) is 19.1 Å². The lowest BCUT2D eigenvalue weighted by atomic mass is 9.84. The number of sulfonamides is 1. The van der Waals surface area contributed by atoms with E-state index in [0.717, 1.165) is 17.5 Å². The van der Waals surface area contributed by atoms with Crippen molar-refractivity contribution in [1.82, 2.24) is 14.9 Å². The fourth-order valence-corrected chi connectivity index (χ4v) is 4.08. The zero-order chi connectivity index (χ0) is 17.2. The highest BCUT2D eigenvalue weighted by atomic mass is 32.2. The van der Waals surface area contributed by atoms with Crippen molar-refractivity contribution in [3.8, 4) is 11.5 Å². The highest BCUT2D eigenvalue weighted by Crippen LogP contribution is 2.32. The Labute approximate surface area is 142 Å². The first-order valence-corrected chi connectivity index (χ1v) is 9.85. The van der Waals surface area contributed by atoms with E-state index in [9.17, 15) is 8.42 Å². The highest BCUT2D eigenvalue weighted by Gasteiger charge is 2.21. The van der Waals surface area contributed by atoms with Crippen molar-refractivity contribution >= 4 is 10.0 Å². The molecule has 24 heavy (non-hydrogen) atoms. The van der Waals surface area contributed by atoms with Gasteiger partial charge in [0.25, 0.3) is 5.89 Å². The molecule has 0 spiro atoms. The maximum atomic E-state index is 12.1. The van der Waals surface area contributed by atoms with Crippen molar-refractivity contribution in [3.05, 3.63) is 29.6 Å². The SMILES string of the molecule is CNS(=O)(=O)c1ccc(CC2CCCCC2)c(-c2nc(C)no2)c1. The summed E-state index contributed by atoms with van der Waals surface area (Å²) in [5, 5.41) is 3.84. The Morgan fingerprint density at radius 3 is 2.62 bits per heavy atom. The highest BCUT2D eigenvalue weighted by molar-refractivity contribution is 7.89. The van der Waals surface area contributed by atoms with Crippen LogP contribution in [0.3, 0.4) is 0 Å². The maximum Gasteiger partial charge on any atom is 0.258 e. The van der Waals surface area contributed by atoms with Gasteiger partial charge in [-0.25, -0.2) is 13.1 Å². The van der Waals surface area contributed by atoms with E-state index in [1.165, 1.54) is 39.2 Å². The van der Waals surface area contributed by atoms with E-state index in [4.69, 9.17) is 4.52 Å². The number of rotatable bonds is 5. The van der Waals surface area contributed by atoms with Crippen molar-refractivity contribution < 1.29 is 12.9 Å². The zero-order valence-corrected chi connectivity index (χ0v) is 14.9. The molecule has 1 fully saturated rings. The van der Waals surface area contributed by atoms with Crippen LogP contribution in [-0.4, -0.2) is 25.6 Å². The van der Waals surface area contributed by atoms with Crippen molar-refractivity contribution in [2.24, 2.45) is 5.92 Å². The van der Waals surface area contributed by atoms with Crippen molar-refractivity contribution in [2.45, 2.75) is 50.3 Å². The van der Waals surface area contributed by atoms with Crippen LogP contribution >= 0.6 is 0 Å². The van der Waals surface area contributed by atoms with Crippen LogP contribution in [0.25, 0.3) is 11.5 Å². The molecule has 1 heterocycles. The lowest BCUT2D eigenvalue weighted by Gasteiger charge is -2.22. The predicted octanol–water partition coefficient (Wildman–Crippen LogP) is 3.08. The summed E-state index contributed by atoms with van der Waals surface area (Å²) in [5.74, 6) is 1.55. The molecule has 0 radical (unpaired) electrons. The molecule has 0 atom stereocenters. The molecule has 0 saturated heterocycles. The van der Waals surface area contributed by atoms with Gasteiger partial charge in [0.05, 0.1) is 4.90 Å². The molecule has 1 N–H and O–H groups in total. The molecule has 1 aliphatic carbocycles. The number of aryl methyl sites for hydroxylation is 1. The zero-order valence-electron chi connectivity index (χ0n) is 14.1. The van der Waals surface area contributed by atoms with E-state index >= 15 is 0 Å². The number of hydrogen-bond donors (Lipinski definition) is 1. The molecule has 0 amide bonds. The summed E-state index contributed by atoms with van der Waals surface area (Å²) in [6.45, 7) is 1.75. The molecule has 1 aromatic carbocycles. The van der Waals surface area contributed by atoms with E-state index in [0.29, 0.717) is 17.6 Å². The van der Waals surface area contributed by atoms with Crippen LogP contribution < -0.4 is 4.72 Å². The first kappa shape index (κ1) is 17.1. The van der Waals surface area contributed by atoms with Crippen LogP contribution in [0.5, 0.6) is 0 Å².